The van der Waals surface area contributed by atoms with Crippen LogP contribution in [0, 0.1) is 20.8 Å². The second-order valence-corrected chi connectivity index (χ2v) is 12.2. The quantitative estimate of drug-likeness (QED) is 0.192. The number of aliphatic imine (C=N–C) groups is 1. The van der Waals surface area contributed by atoms with E-state index in [9.17, 15) is 9.59 Å². The van der Waals surface area contributed by atoms with Gasteiger partial charge >= 0.3 is 0 Å². The summed E-state index contributed by atoms with van der Waals surface area (Å²) in [4.78, 5) is 39.2. The number of fused-ring (bicyclic) bond motifs is 4. The van der Waals surface area contributed by atoms with Gasteiger partial charge in [-0.15, -0.1) is 21.5 Å². The van der Waals surface area contributed by atoms with Gasteiger partial charge in [0.25, 0.3) is 5.91 Å². The zero-order valence-corrected chi connectivity index (χ0v) is 25.6. The molecule has 220 valence electrons. The lowest BCUT2D eigenvalue weighted by Gasteiger charge is -2.13. The number of amides is 2. The monoisotopic (exact) mass is 614 g/mol. The lowest BCUT2D eigenvalue weighted by atomic mass is 9.99. The molecule has 5 heterocycles. The van der Waals surface area contributed by atoms with E-state index in [1.807, 2.05) is 41.8 Å². The van der Waals surface area contributed by atoms with Crippen molar-refractivity contribution in [1.82, 2.24) is 35.4 Å². The molecule has 43 heavy (non-hydrogen) atoms. The van der Waals surface area contributed by atoms with Gasteiger partial charge in [-0.25, -0.2) is 0 Å². The number of hydrogen-bond donors (Lipinski definition) is 3. The van der Waals surface area contributed by atoms with E-state index >= 15 is 0 Å². The number of H-pyrrole nitrogens is 1. The van der Waals surface area contributed by atoms with Gasteiger partial charge in [0, 0.05) is 57.4 Å². The number of unbranched alkanes of at least 4 members (excludes halogenated alkanes) is 1. The van der Waals surface area contributed by atoms with Gasteiger partial charge in [-0.05, 0) is 63.4 Å². The smallest absolute Gasteiger partial charge is 0.267 e. The first-order chi connectivity index (χ1) is 20.8. The van der Waals surface area contributed by atoms with E-state index in [4.69, 9.17) is 16.6 Å². The summed E-state index contributed by atoms with van der Waals surface area (Å²) in [5.74, 6) is 1.11. The van der Waals surface area contributed by atoms with Crippen LogP contribution in [0.15, 0.2) is 53.8 Å². The molecule has 0 aliphatic carbocycles. The predicted octanol–water partition coefficient (Wildman–Crippen LogP) is 5.39. The maximum absolute atomic E-state index is 13.1. The lowest BCUT2D eigenvalue weighted by molar-refractivity contribution is -0.121. The van der Waals surface area contributed by atoms with Gasteiger partial charge in [0.05, 0.1) is 12.1 Å². The Labute approximate surface area is 257 Å². The predicted molar refractivity (Wildman–Crippen MR) is 169 cm³/mol. The second-order valence-electron chi connectivity index (χ2n) is 10.6. The average Bonchev–Trinajstić information content (AvgIpc) is 3.66. The second kappa shape index (κ2) is 12.1. The van der Waals surface area contributed by atoms with Crippen LogP contribution in [-0.4, -0.2) is 55.3 Å². The number of nitrogens with zero attached hydrogens (tertiary/aromatic N) is 5. The molecule has 2 amide bonds. The molecule has 12 heteroatoms. The summed E-state index contributed by atoms with van der Waals surface area (Å²) in [6.07, 6.45) is 4.98. The van der Waals surface area contributed by atoms with Crippen LogP contribution in [0.25, 0.3) is 15.9 Å². The van der Waals surface area contributed by atoms with E-state index < -0.39 is 6.04 Å². The zero-order chi connectivity index (χ0) is 30.1. The minimum Gasteiger partial charge on any atom is -0.356 e. The summed E-state index contributed by atoms with van der Waals surface area (Å²) in [5.41, 5.74) is 5.30. The van der Waals surface area contributed by atoms with Crippen molar-refractivity contribution in [3.8, 4) is 5.00 Å². The van der Waals surface area contributed by atoms with E-state index in [0.29, 0.717) is 29.6 Å². The van der Waals surface area contributed by atoms with E-state index in [1.165, 1.54) is 4.88 Å². The third-order valence-electron chi connectivity index (χ3n) is 7.61. The molecule has 10 nitrogen and oxygen atoms in total. The SMILES string of the molecule is Cc1sc2c(c1C)C(c1ccc(Cl)cc1)=N[C@@H](CC(=O)NCCCCNC(=O)c1cc3cnccc3[nH]1)c1nnc(C)n1-2. The number of aromatic nitrogens is 5. The molecular formula is C31H31ClN8O2S. The van der Waals surface area contributed by atoms with Crippen molar-refractivity contribution in [2.75, 3.05) is 13.1 Å². The number of nitrogens with one attached hydrogen (secondary N) is 3. The molecule has 1 atom stereocenters. The molecule has 0 spiro atoms. The third kappa shape index (κ3) is 5.82. The maximum Gasteiger partial charge on any atom is 0.267 e. The molecule has 0 fully saturated rings. The minimum atomic E-state index is -0.517. The van der Waals surface area contributed by atoms with Crippen LogP contribution in [0.1, 0.15) is 69.0 Å². The number of halogens is 1. The molecule has 6 rings (SSSR count). The number of benzene rings is 1. The summed E-state index contributed by atoms with van der Waals surface area (Å²) < 4.78 is 2.04. The van der Waals surface area contributed by atoms with Crippen molar-refractivity contribution in [3.05, 3.63) is 92.7 Å². The number of thiophene rings is 1. The standard InChI is InChI=1S/C31H31ClN8O2S/c1-17-18(2)43-31-27(17)28(20-6-8-22(32)9-7-20)37-24(29-39-38-19(3)40(29)31)15-26(41)34-11-4-5-12-35-30(42)25-14-21-16-33-13-10-23(21)36-25/h6-10,13-14,16,24,36H,4-5,11-12,15H2,1-3H3,(H,34,41)(H,35,42)/t24-/m0/s1. The van der Waals surface area contributed by atoms with Gasteiger partial charge in [0.15, 0.2) is 5.82 Å². The highest BCUT2D eigenvalue weighted by Gasteiger charge is 2.32. The fourth-order valence-electron chi connectivity index (χ4n) is 5.25. The molecular weight excluding hydrogens is 584 g/mol. The Hall–Kier alpha value is -4.35. The molecule has 5 aromatic rings. The van der Waals surface area contributed by atoms with Gasteiger partial charge in [-0.3, -0.25) is 24.1 Å². The molecule has 3 N–H and O–H groups in total. The Morgan fingerprint density at radius 2 is 1.81 bits per heavy atom. The molecule has 1 aliphatic heterocycles. The average molecular weight is 615 g/mol. The molecule has 0 bridgehead atoms. The van der Waals surface area contributed by atoms with Crippen molar-refractivity contribution in [3.63, 3.8) is 0 Å². The van der Waals surface area contributed by atoms with Gasteiger partial charge < -0.3 is 15.6 Å². The van der Waals surface area contributed by atoms with Crippen LogP contribution >= 0.6 is 22.9 Å². The molecule has 4 aromatic heterocycles. The van der Waals surface area contributed by atoms with E-state index in [1.54, 1.807) is 29.8 Å². The van der Waals surface area contributed by atoms with Crippen molar-refractivity contribution < 1.29 is 9.59 Å². The van der Waals surface area contributed by atoms with E-state index in [-0.39, 0.29) is 18.2 Å². The van der Waals surface area contributed by atoms with Crippen LogP contribution in [0.3, 0.4) is 0 Å². The Balaban J connectivity index is 1.11. The minimum absolute atomic E-state index is 0.120. The van der Waals surface area contributed by atoms with Gasteiger partial charge in [-0.2, -0.15) is 0 Å². The summed E-state index contributed by atoms with van der Waals surface area (Å²) in [7, 11) is 0. The highest BCUT2D eigenvalue weighted by molar-refractivity contribution is 7.15. The highest BCUT2D eigenvalue weighted by atomic mass is 35.5. The fourth-order valence-corrected chi connectivity index (χ4v) is 6.59. The van der Waals surface area contributed by atoms with Crippen LogP contribution in [0.5, 0.6) is 0 Å². The number of aryl methyl sites for hydroxylation is 2. The topological polar surface area (TPSA) is 130 Å². The third-order valence-corrected chi connectivity index (χ3v) is 9.06. The Morgan fingerprint density at radius 1 is 1.05 bits per heavy atom. The lowest BCUT2D eigenvalue weighted by Crippen LogP contribution is -2.28. The van der Waals surface area contributed by atoms with E-state index in [2.05, 4.69) is 44.6 Å². The molecule has 1 aliphatic rings. The molecule has 0 saturated heterocycles. The van der Waals surface area contributed by atoms with Crippen molar-refractivity contribution in [2.24, 2.45) is 4.99 Å². The van der Waals surface area contributed by atoms with Gasteiger partial charge in [0.1, 0.15) is 22.6 Å². The van der Waals surface area contributed by atoms with Crippen LogP contribution in [0.4, 0.5) is 0 Å². The number of carbonyl (C=O) groups excluding carboxylic acids is 2. The van der Waals surface area contributed by atoms with Crippen molar-refractivity contribution in [1.29, 1.82) is 0 Å². The number of hydrogen-bond acceptors (Lipinski definition) is 7. The molecule has 1 aromatic carbocycles. The molecule has 0 radical (unpaired) electrons. The van der Waals surface area contributed by atoms with Crippen LogP contribution < -0.4 is 10.6 Å². The van der Waals surface area contributed by atoms with E-state index in [0.717, 1.165) is 57.0 Å². The molecule has 0 saturated carbocycles. The van der Waals surface area contributed by atoms with Gasteiger partial charge in [0.2, 0.25) is 5.91 Å². The Morgan fingerprint density at radius 3 is 2.58 bits per heavy atom. The number of pyridine rings is 1. The summed E-state index contributed by atoms with van der Waals surface area (Å²) in [5, 5.41) is 17.3. The first-order valence-corrected chi connectivity index (χ1v) is 15.3. The highest BCUT2D eigenvalue weighted by Crippen LogP contribution is 2.39. The summed E-state index contributed by atoms with van der Waals surface area (Å²) in [6, 6.07) is 10.7. The number of aromatic amines is 1. The zero-order valence-electron chi connectivity index (χ0n) is 24.1. The first-order valence-electron chi connectivity index (χ1n) is 14.1. The molecule has 0 unspecified atom stereocenters. The summed E-state index contributed by atoms with van der Waals surface area (Å²) in [6.45, 7) is 7.11. The number of rotatable bonds is 9. The van der Waals surface area contributed by atoms with Crippen molar-refractivity contribution >= 4 is 51.4 Å². The van der Waals surface area contributed by atoms with Gasteiger partial charge in [-0.1, -0.05) is 23.7 Å². The first kappa shape index (κ1) is 28.8. The summed E-state index contributed by atoms with van der Waals surface area (Å²) >= 11 is 7.87. The number of carbonyl (C=O) groups is 2. The van der Waals surface area contributed by atoms with Crippen molar-refractivity contribution in [2.45, 2.75) is 46.1 Å². The van der Waals surface area contributed by atoms with Crippen LogP contribution in [0.2, 0.25) is 5.02 Å². The Bertz CT molecular complexity index is 1820. The maximum atomic E-state index is 13.1. The normalized spacial score (nSPS) is 14.1. The largest absolute Gasteiger partial charge is 0.356 e. The Kier molecular flexibility index (Phi) is 8.09. The fraction of sp³-hybridized carbons (Fsp3) is 0.290. The van der Waals surface area contributed by atoms with Crippen LogP contribution in [-0.2, 0) is 4.79 Å².